The molecule has 130 valence electrons. The molecule has 2 atom stereocenters. The van der Waals surface area contributed by atoms with Gasteiger partial charge in [0, 0.05) is 18.6 Å². The summed E-state index contributed by atoms with van der Waals surface area (Å²) in [6.45, 7) is 1.78. The monoisotopic (exact) mass is 362 g/mol. The first kappa shape index (κ1) is 19.8. The molecule has 2 fully saturated rings. The van der Waals surface area contributed by atoms with Gasteiger partial charge in [0.25, 0.3) is 0 Å². The summed E-state index contributed by atoms with van der Waals surface area (Å²) in [5.74, 6) is 0.132. The van der Waals surface area contributed by atoms with Gasteiger partial charge < -0.3 is 15.7 Å². The number of rotatable bonds is 5. The van der Waals surface area contributed by atoms with Crippen molar-refractivity contribution in [1.29, 1.82) is 0 Å². The molecule has 2 saturated heterocycles. The zero-order chi connectivity index (χ0) is 17.5. The van der Waals surface area contributed by atoms with E-state index >= 15 is 0 Å². The number of carboxylic acids is 1. The molecule has 0 saturated carbocycles. The predicted molar refractivity (Wildman–Crippen MR) is 90.5 cm³/mol. The van der Waals surface area contributed by atoms with Crippen molar-refractivity contribution in [3.8, 4) is 0 Å². The summed E-state index contributed by atoms with van der Waals surface area (Å²) in [6.07, 6.45) is 2.31. The van der Waals surface area contributed by atoms with E-state index in [0.29, 0.717) is 31.4 Å². The van der Waals surface area contributed by atoms with E-state index in [1.54, 1.807) is 6.92 Å². The summed E-state index contributed by atoms with van der Waals surface area (Å²) in [4.78, 5) is 43.5. The van der Waals surface area contributed by atoms with Gasteiger partial charge >= 0.3 is 5.97 Å². The van der Waals surface area contributed by atoms with E-state index < -0.39 is 11.5 Å². The van der Waals surface area contributed by atoms with Crippen LogP contribution in [0.15, 0.2) is 0 Å². The first-order valence-electron chi connectivity index (χ1n) is 7.46. The lowest BCUT2D eigenvalue weighted by molar-refractivity contribution is -0.145. The molecule has 0 aromatic rings. The Morgan fingerprint density at radius 2 is 2.17 bits per heavy atom. The predicted octanol–water partition coefficient (Wildman–Crippen LogP) is 0.584. The number of hydrogen-bond acceptors (Lipinski definition) is 6. The Kier molecular flexibility index (Phi) is 7.90. The van der Waals surface area contributed by atoms with Crippen LogP contribution in [0.3, 0.4) is 0 Å². The van der Waals surface area contributed by atoms with Crippen LogP contribution in [0.25, 0.3) is 0 Å². The smallest absolute Gasteiger partial charge is 0.329 e. The summed E-state index contributed by atoms with van der Waals surface area (Å²) >= 11 is 5.26. The number of carboxylic acid groups (broad SMARTS) is 1. The van der Waals surface area contributed by atoms with Crippen molar-refractivity contribution in [1.82, 2.24) is 10.6 Å². The third-order valence-corrected chi connectivity index (χ3v) is 4.93. The molecular formula is C14H22N2O5S2. The highest BCUT2D eigenvalue weighted by Crippen LogP contribution is 2.24. The van der Waals surface area contributed by atoms with Crippen molar-refractivity contribution in [3.05, 3.63) is 0 Å². The number of amides is 2. The maximum absolute atomic E-state index is 11.0. The topological polar surface area (TPSA) is 113 Å². The molecule has 7 nitrogen and oxygen atoms in total. The van der Waals surface area contributed by atoms with Crippen molar-refractivity contribution in [2.75, 3.05) is 11.5 Å². The second-order valence-corrected chi connectivity index (χ2v) is 6.89. The van der Waals surface area contributed by atoms with E-state index in [2.05, 4.69) is 23.3 Å². The Bertz CT molecular complexity index is 486. The standard InChI is InChI=1S/C7H11NO3S.C7H11NO2S/c9-5-1-2-7(8-5,3-4-12)6(10)11;1-2-6(9)8-5-3-4-11-7(5)10/h12H,1-4H2,(H,8,9)(H,10,11);5H,2-4H2,1H3,(H,8,9). The molecule has 0 bridgehead atoms. The molecule has 23 heavy (non-hydrogen) atoms. The van der Waals surface area contributed by atoms with Crippen LogP contribution in [0.4, 0.5) is 0 Å². The molecule has 3 N–H and O–H groups in total. The van der Waals surface area contributed by atoms with Crippen LogP contribution >= 0.6 is 24.4 Å². The minimum absolute atomic E-state index is 0.0362. The first-order chi connectivity index (χ1) is 10.8. The number of carbonyl (C=O) groups is 4. The van der Waals surface area contributed by atoms with Crippen molar-refractivity contribution in [2.45, 2.75) is 50.6 Å². The molecule has 2 unspecified atom stereocenters. The molecule has 2 rings (SSSR count). The Labute approximate surface area is 144 Å². The normalized spacial score (nSPS) is 26.3. The van der Waals surface area contributed by atoms with Gasteiger partial charge in [-0.05, 0) is 25.0 Å². The van der Waals surface area contributed by atoms with E-state index in [1.807, 2.05) is 0 Å². The molecule has 2 aliphatic heterocycles. The third-order valence-electron chi connectivity index (χ3n) is 3.70. The Morgan fingerprint density at radius 3 is 2.57 bits per heavy atom. The van der Waals surface area contributed by atoms with E-state index in [9.17, 15) is 19.2 Å². The van der Waals surface area contributed by atoms with E-state index in [0.717, 1.165) is 12.2 Å². The number of thioether (sulfide) groups is 1. The molecule has 0 aromatic carbocycles. The summed E-state index contributed by atoms with van der Waals surface area (Å²) in [5, 5.41) is 14.1. The second-order valence-electron chi connectivity index (χ2n) is 5.34. The lowest BCUT2D eigenvalue weighted by Crippen LogP contribution is -2.49. The number of aliphatic carboxylic acids is 1. The Morgan fingerprint density at radius 1 is 1.48 bits per heavy atom. The Hall–Kier alpha value is -1.22. The third kappa shape index (κ3) is 5.72. The molecule has 0 spiro atoms. The van der Waals surface area contributed by atoms with Crippen LogP contribution in [0, 0.1) is 0 Å². The summed E-state index contributed by atoms with van der Waals surface area (Å²) in [6, 6.07) is -0.215. The first-order valence-corrected chi connectivity index (χ1v) is 9.07. The summed E-state index contributed by atoms with van der Waals surface area (Å²) in [7, 11) is 0. The van der Waals surface area contributed by atoms with Crippen molar-refractivity contribution in [3.63, 3.8) is 0 Å². The van der Waals surface area contributed by atoms with Gasteiger partial charge in [-0.25, -0.2) is 4.79 Å². The van der Waals surface area contributed by atoms with Gasteiger partial charge in [-0.2, -0.15) is 12.6 Å². The zero-order valence-corrected chi connectivity index (χ0v) is 14.7. The SMILES string of the molecule is CCC(=O)NC1CCSC1=O.O=C1CCC(CCS)(C(=O)O)N1. The molecule has 2 heterocycles. The lowest BCUT2D eigenvalue weighted by atomic mass is 9.95. The minimum atomic E-state index is -1.04. The van der Waals surface area contributed by atoms with Crippen LogP contribution in [0.5, 0.6) is 0 Å². The Balaban J connectivity index is 0.000000231. The van der Waals surface area contributed by atoms with Crippen LogP contribution in [0.2, 0.25) is 0 Å². The van der Waals surface area contributed by atoms with Crippen LogP contribution in [-0.2, 0) is 19.2 Å². The van der Waals surface area contributed by atoms with E-state index in [1.165, 1.54) is 11.8 Å². The fraction of sp³-hybridized carbons (Fsp3) is 0.714. The van der Waals surface area contributed by atoms with Gasteiger partial charge in [0.1, 0.15) is 5.54 Å². The summed E-state index contributed by atoms with van der Waals surface area (Å²) in [5.41, 5.74) is -1.04. The van der Waals surface area contributed by atoms with Gasteiger partial charge in [0.2, 0.25) is 16.9 Å². The highest BCUT2D eigenvalue weighted by atomic mass is 32.2. The van der Waals surface area contributed by atoms with Gasteiger partial charge in [0.05, 0.1) is 6.04 Å². The highest BCUT2D eigenvalue weighted by Gasteiger charge is 2.43. The minimum Gasteiger partial charge on any atom is -0.480 e. The van der Waals surface area contributed by atoms with Gasteiger partial charge in [-0.1, -0.05) is 18.7 Å². The average Bonchev–Trinajstić information content (AvgIpc) is 3.07. The number of carbonyl (C=O) groups excluding carboxylic acids is 3. The largest absolute Gasteiger partial charge is 0.480 e. The fourth-order valence-corrected chi connectivity index (χ4v) is 3.60. The number of nitrogens with one attached hydrogen (secondary N) is 2. The fourth-order valence-electron chi connectivity index (χ4n) is 2.29. The molecule has 2 amide bonds. The average molecular weight is 362 g/mol. The molecule has 0 aliphatic carbocycles. The maximum atomic E-state index is 11.0. The van der Waals surface area contributed by atoms with Crippen LogP contribution in [0.1, 0.15) is 39.0 Å². The molecule has 2 aliphatic rings. The van der Waals surface area contributed by atoms with Gasteiger partial charge in [0.15, 0.2) is 0 Å². The molecular weight excluding hydrogens is 340 g/mol. The van der Waals surface area contributed by atoms with Gasteiger partial charge in [-0.15, -0.1) is 0 Å². The summed E-state index contributed by atoms with van der Waals surface area (Å²) < 4.78 is 0. The molecule has 9 heteroatoms. The number of hydrogen-bond donors (Lipinski definition) is 4. The van der Waals surface area contributed by atoms with Crippen molar-refractivity contribution < 1.29 is 24.3 Å². The zero-order valence-electron chi connectivity index (χ0n) is 13.0. The highest BCUT2D eigenvalue weighted by molar-refractivity contribution is 8.14. The van der Waals surface area contributed by atoms with E-state index in [-0.39, 0.29) is 23.0 Å². The quantitative estimate of drug-likeness (QED) is 0.532. The van der Waals surface area contributed by atoms with Crippen molar-refractivity contribution in [2.24, 2.45) is 0 Å². The maximum Gasteiger partial charge on any atom is 0.329 e. The second kappa shape index (κ2) is 9.17. The van der Waals surface area contributed by atoms with Gasteiger partial charge in [-0.3, -0.25) is 14.4 Å². The number of thiol groups is 1. The van der Waals surface area contributed by atoms with Crippen LogP contribution in [-0.4, -0.2) is 51.1 Å². The van der Waals surface area contributed by atoms with Crippen LogP contribution < -0.4 is 10.6 Å². The van der Waals surface area contributed by atoms with Crippen molar-refractivity contribution >= 4 is 47.3 Å². The molecule has 0 aromatic heterocycles. The lowest BCUT2D eigenvalue weighted by Gasteiger charge is -2.22. The van der Waals surface area contributed by atoms with E-state index in [4.69, 9.17) is 5.11 Å². The molecule has 0 radical (unpaired) electrons.